The van der Waals surface area contributed by atoms with Crippen LogP contribution in [0.4, 0.5) is 0 Å². The number of aliphatic carboxylic acids is 1. The zero-order chi connectivity index (χ0) is 58.9. The van der Waals surface area contributed by atoms with Gasteiger partial charge in [0.05, 0.1) is 6.61 Å². The molecule has 466 valence electrons. The molecule has 0 radical (unpaired) electrons. The quantitative estimate of drug-likeness (QED) is 0.0228. The minimum Gasteiger partial charge on any atom is -0.479 e. The van der Waals surface area contributed by atoms with Gasteiger partial charge in [-0.15, -0.1) is 0 Å². The maximum Gasteiger partial charge on any atom is 0.335 e. The van der Waals surface area contributed by atoms with Gasteiger partial charge in [0.25, 0.3) is 0 Å². The number of esters is 3. The molecule has 0 aromatic rings. The van der Waals surface area contributed by atoms with E-state index >= 15 is 0 Å². The van der Waals surface area contributed by atoms with E-state index in [-0.39, 0.29) is 25.9 Å². The number of ether oxygens (including phenoxy) is 5. The predicted octanol–water partition coefficient (Wildman–Crippen LogP) is 17.7. The summed E-state index contributed by atoms with van der Waals surface area (Å²) in [5.74, 6) is -3.15. The van der Waals surface area contributed by atoms with Gasteiger partial charge in [0, 0.05) is 19.3 Å². The third-order valence-corrected chi connectivity index (χ3v) is 14.8. The summed E-state index contributed by atoms with van der Waals surface area (Å²) >= 11 is 0. The van der Waals surface area contributed by atoms with Gasteiger partial charge in [-0.1, -0.05) is 254 Å². The van der Waals surface area contributed by atoms with Crippen molar-refractivity contribution in [2.75, 3.05) is 13.2 Å². The molecule has 1 aliphatic heterocycles. The Bertz CT molecular complexity index is 1680. The average Bonchev–Trinajstić information content (AvgIpc) is 3.53. The van der Waals surface area contributed by atoms with Crippen molar-refractivity contribution in [3.8, 4) is 0 Å². The molecule has 3 N–H and O–H groups in total. The first kappa shape index (κ1) is 75.2. The zero-order valence-corrected chi connectivity index (χ0v) is 51.5. The second-order valence-electron chi connectivity index (χ2n) is 22.4. The molecule has 0 aromatic heterocycles. The topological polar surface area (TPSA) is 175 Å². The number of allylic oxidation sites excluding steroid dienone is 12. The average molecular weight is 1140 g/mol. The molecule has 1 aliphatic rings. The maximum atomic E-state index is 13.2. The number of carbonyl (C=O) groups excluding carboxylic acids is 3. The SMILES string of the molecule is CC/C=C\C/C=C\C/C=C\C/C=C\C/C=C\CCCCCC(=O)OCC(COC1OC(C(=O)O)C(O)C(O)C1OC(=O)CCCCCCCCC/C=C\CCCCCCCC)OC(=O)CCCCCCCCCCCCCCCCC. The summed E-state index contributed by atoms with van der Waals surface area (Å²) in [6, 6.07) is 0. The molecule has 6 atom stereocenters. The van der Waals surface area contributed by atoms with Gasteiger partial charge in [-0.2, -0.15) is 0 Å². The van der Waals surface area contributed by atoms with Crippen molar-refractivity contribution >= 4 is 23.9 Å². The highest BCUT2D eigenvalue weighted by Crippen LogP contribution is 2.27. The number of hydrogen-bond acceptors (Lipinski definition) is 11. The van der Waals surface area contributed by atoms with Crippen LogP contribution in [0.3, 0.4) is 0 Å². The number of carboxylic acid groups (broad SMARTS) is 1. The van der Waals surface area contributed by atoms with Crippen LogP contribution in [0.1, 0.15) is 290 Å². The van der Waals surface area contributed by atoms with Crippen molar-refractivity contribution in [3.05, 3.63) is 72.9 Å². The summed E-state index contributed by atoms with van der Waals surface area (Å²) < 4.78 is 28.5. The van der Waals surface area contributed by atoms with Crippen molar-refractivity contribution in [3.63, 3.8) is 0 Å². The van der Waals surface area contributed by atoms with Gasteiger partial charge in [-0.3, -0.25) is 14.4 Å². The third kappa shape index (κ3) is 46.3. The minimum absolute atomic E-state index is 0.0523. The van der Waals surface area contributed by atoms with Crippen molar-refractivity contribution in [2.24, 2.45) is 0 Å². The molecular weight excluding hydrogens is 1020 g/mol. The highest BCUT2D eigenvalue weighted by atomic mass is 16.7. The van der Waals surface area contributed by atoms with Crippen molar-refractivity contribution < 1.29 is 58.2 Å². The lowest BCUT2D eigenvalue weighted by Gasteiger charge is -2.40. The molecule has 0 spiro atoms. The predicted molar refractivity (Wildman–Crippen MR) is 331 cm³/mol. The lowest BCUT2D eigenvalue weighted by molar-refractivity contribution is -0.301. The van der Waals surface area contributed by atoms with E-state index in [1.165, 1.54) is 128 Å². The van der Waals surface area contributed by atoms with Crippen LogP contribution in [-0.4, -0.2) is 89.2 Å². The van der Waals surface area contributed by atoms with Crippen molar-refractivity contribution in [1.82, 2.24) is 0 Å². The summed E-state index contributed by atoms with van der Waals surface area (Å²) in [7, 11) is 0. The molecule has 1 rings (SSSR count). The Morgan fingerprint density at radius 3 is 1.21 bits per heavy atom. The number of hydrogen-bond donors (Lipinski definition) is 3. The summed E-state index contributed by atoms with van der Waals surface area (Å²) in [5.41, 5.74) is 0. The van der Waals surface area contributed by atoms with Crippen molar-refractivity contribution in [2.45, 2.75) is 327 Å². The smallest absolute Gasteiger partial charge is 0.335 e. The highest BCUT2D eigenvalue weighted by Gasteiger charge is 2.50. The molecule has 1 fully saturated rings. The van der Waals surface area contributed by atoms with Crippen LogP contribution in [0, 0.1) is 0 Å². The summed E-state index contributed by atoms with van der Waals surface area (Å²) in [6.07, 6.45) is 60.0. The summed E-state index contributed by atoms with van der Waals surface area (Å²) in [4.78, 5) is 51.3. The van der Waals surface area contributed by atoms with Gasteiger partial charge >= 0.3 is 23.9 Å². The lowest BCUT2D eigenvalue weighted by Crippen LogP contribution is -2.61. The Hall–Kier alpha value is -3.84. The van der Waals surface area contributed by atoms with Crippen LogP contribution in [0.15, 0.2) is 72.9 Å². The number of aliphatic hydroxyl groups is 2. The standard InChI is InChI=1S/C69H118O12/c1-4-7-10-13-16-19-22-25-28-30-31-33-35-37-40-43-46-49-52-55-61(70)77-58-60(79-62(71)56-53-50-47-44-41-38-34-27-24-21-18-15-12-9-6-3)59-78-69-67(65(74)64(73)66(81-69)68(75)76)80-63(72)57-54-51-48-45-42-39-36-32-29-26-23-20-17-14-11-8-5-2/h7,10,16,19,25-26,28-29,31,33,37,40,60,64-67,69,73-74H,4-6,8-9,11-15,17-18,20-24,27,30,32,34-36,38-39,41-59H2,1-3H3,(H,75,76)/b10-7-,19-16-,28-25-,29-26-,33-31-,40-37-. The van der Waals surface area contributed by atoms with E-state index in [0.29, 0.717) is 19.3 Å². The molecule has 1 heterocycles. The van der Waals surface area contributed by atoms with Crippen LogP contribution in [-0.2, 0) is 42.9 Å². The number of aliphatic hydroxyl groups excluding tert-OH is 2. The number of carbonyl (C=O) groups is 4. The first-order valence-corrected chi connectivity index (χ1v) is 32.9. The van der Waals surface area contributed by atoms with Crippen LogP contribution in [0.2, 0.25) is 0 Å². The van der Waals surface area contributed by atoms with E-state index in [4.69, 9.17) is 23.7 Å². The van der Waals surface area contributed by atoms with Crippen LogP contribution in [0.5, 0.6) is 0 Å². The van der Waals surface area contributed by atoms with Crippen LogP contribution >= 0.6 is 0 Å². The van der Waals surface area contributed by atoms with Gasteiger partial charge < -0.3 is 39.0 Å². The van der Waals surface area contributed by atoms with E-state index in [2.05, 4.69) is 93.7 Å². The normalized spacial score (nSPS) is 18.2. The molecule has 12 heteroatoms. The van der Waals surface area contributed by atoms with Crippen LogP contribution < -0.4 is 0 Å². The molecule has 81 heavy (non-hydrogen) atoms. The molecule has 12 nitrogen and oxygen atoms in total. The van der Waals surface area contributed by atoms with Gasteiger partial charge in [0.15, 0.2) is 24.6 Å². The molecule has 0 aromatic carbocycles. The summed E-state index contributed by atoms with van der Waals surface area (Å²) in [6.45, 7) is 5.88. The van der Waals surface area contributed by atoms with E-state index in [9.17, 15) is 34.5 Å². The van der Waals surface area contributed by atoms with E-state index in [1.54, 1.807) is 0 Å². The molecule has 0 amide bonds. The van der Waals surface area contributed by atoms with Crippen LogP contribution in [0.25, 0.3) is 0 Å². The Morgan fingerprint density at radius 2 is 0.778 bits per heavy atom. The Labute approximate surface area is 493 Å². The van der Waals surface area contributed by atoms with Gasteiger partial charge in [0.1, 0.15) is 18.8 Å². The Kier molecular flexibility index (Phi) is 52.6. The molecule has 6 unspecified atom stereocenters. The zero-order valence-electron chi connectivity index (χ0n) is 51.5. The van der Waals surface area contributed by atoms with Crippen molar-refractivity contribution in [1.29, 1.82) is 0 Å². The van der Waals surface area contributed by atoms with E-state index < -0.39 is 67.3 Å². The highest BCUT2D eigenvalue weighted by molar-refractivity contribution is 5.74. The van der Waals surface area contributed by atoms with E-state index in [1.807, 2.05) is 0 Å². The molecule has 1 saturated heterocycles. The van der Waals surface area contributed by atoms with Gasteiger partial charge in [-0.05, 0) is 89.9 Å². The fraction of sp³-hybridized carbons (Fsp3) is 0.768. The fourth-order valence-electron chi connectivity index (χ4n) is 9.74. The minimum atomic E-state index is -1.91. The first-order valence-electron chi connectivity index (χ1n) is 32.9. The molecule has 0 saturated carbocycles. The molecular formula is C69H118O12. The Morgan fingerprint density at radius 1 is 0.420 bits per heavy atom. The summed E-state index contributed by atoms with van der Waals surface area (Å²) in [5, 5.41) is 31.6. The second kappa shape index (κ2) is 56.6. The third-order valence-electron chi connectivity index (χ3n) is 14.8. The molecule has 0 bridgehead atoms. The fourth-order valence-corrected chi connectivity index (χ4v) is 9.74. The number of rotatable bonds is 56. The monoisotopic (exact) mass is 1140 g/mol. The first-order chi connectivity index (χ1) is 39.6. The van der Waals surface area contributed by atoms with Gasteiger partial charge in [0.2, 0.25) is 0 Å². The molecule has 0 aliphatic carbocycles. The Balaban J connectivity index is 2.68. The maximum absolute atomic E-state index is 13.2. The number of unbranched alkanes of at least 4 members (excludes halogenated alkanes) is 30. The number of carboxylic acids is 1. The second-order valence-corrected chi connectivity index (χ2v) is 22.4. The van der Waals surface area contributed by atoms with Gasteiger partial charge in [-0.25, -0.2) is 4.79 Å². The largest absolute Gasteiger partial charge is 0.479 e. The lowest BCUT2D eigenvalue weighted by atomic mass is 9.98. The van der Waals surface area contributed by atoms with E-state index in [0.717, 1.165) is 103 Å².